The number of nitrogens with one attached hydrogen (secondary N) is 1. The van der Waals surface area contributed by atoms with Crippen LogP contribution in [0.5, 0.6) is 0 Å². The van der Waals surface area contributed by atoms with E-state index in [9.17, 15) is 0 Å². The summed E-state index contributed by atoms with van der Waals surface area (Å²) in [7, 11) is 0. The lowest BCUT2D eigenvalue weighted by atomic mass is 10.2. The molecular weight excluding hydrogens is 224 g/mol. The summed E-state index contributed by atoms with van der Waals surface area (Å²) in [5.74, 6) is 1.64. The zero-order valence-electron chi connectivity index (χ0n) is 12.1. The van der Waals surface area contributed by atoms with Crippen molar-refractivity contribution in [2.45, 2.75) is 40.7 Å². The highest BCUT2D eigenvalue weighted by molar-refractivity contribution is 5.36. The van der Waals surface area contributed by atoms with E-state index in [0.717, 1.165) is 44.1 Å². The minimum Gasteiger partial charge on any atom is -0.355 e. The van der Waals surface area contributed by atoms with Gasteiger partial charge in [0, 0.05) is 19.6 Å². The lowest BCUT2D eigenvalue weighted by Crippen LogP contribution is -2.25. The fourth-order valence-corrected chi connectivity index (χ4v) is 1.81. The molecule has 0 aromatic carbocycles. The van der Waals surface area contributed by atoms with Crippen LogP contribution in [-0.4, -0.2) is 29.8 Å². The zero-order valence-corrected chi connectivity index (χ0v) is 12.1. The molecule has 18 heavy (non-hydrogen) atoms. The maximum Gasteiger partial charge on any atom is 0.151 e. The molecule has 0 saturated heterocycles. The van der Waals surface area contributed by atoms with Crippen molar-refractivity contribution in [3.63, 3.8) is 0 Å². The lowest BCUT2D eigenvalue weighted by molar-refractivity contribution is 0.546. The third-order valence-corrected chi connectivity index (χ3v) is 2.76. The van der Waals surface area contributed by atoms with Gasteiger partial charge in [0.25, 0.3) is 0 Å². The van der Waals surface area contributed by atoms with Crippen LogP contribution < -0.4 is 10.2 Å². The highest BCUT2D eigenvalue weighted by Gasteiger charge is 2.05. The third-order valence-electron chi connectivity index (χ3n) is 2.76. The molecule has 0 bridgehead atoms. The van der Waals surface area contributed by atoms with E-state index in [1.54, 1.807) is 0 Å². The average Bonchev–Trinajstić information content (AvgIpc) is 2.36. The summed E-state index contributed by atoms with van der Waals surface area (Å²) in [6, 6.07) is 4.13. The summed E-state index contributed by atoms with van der Waals surface area (Å²) < 4.78 is 0. The molecule has 4 heteroatoms. The van der Waals surface area contributed by atoms with E-state index in [0.29, 0.717) is 5.92 Å². The highest BCUT2D eigenvalue weighted by Crippen LogP contribution is 2.09. The molecule has 0 amide bonds. The summed E-state index contributed by atoms with van der Waals surface area (Å²) in [5, 5.41) is 11.9. The molecule has 1 aromatic heterocycles. The van der Waals surface area contributed by atoms with Crippen molar-refractivity contribution in [2.24, 2.45) is 5.92 Å². The van der Waals surface area contributed by atoms with Crippen molar-refractivity contribution in [1.29, 1.82) is 0 Å². The van der Waals surface area contributed by atoms with E-state index in [-0.39, 0.29) is 0 Å². The van der Waals surface area contributed by atoms with Gasteiger partial charge < -0.3 is 10.2 Å². The predicted molar refractivity (Wildman–Crippen MR) is 76.8 cm³/mol. The summed E-state index contributed by atoms with van der Waals surface area (Å²) in [5.41, 5.74) is 1.01. The predicted octanol–water partition coefficient (Wildman–Crippen LogP) is 2.46. The molecule has 1 rings (SSSR count). The van der Waals surface area contributed by atoms with Crippen LogP contribution in [-0.2, 0) is 6.54 Å². The minimum atomic E-state index is 0.664. The van der Waals surface area contributed by atoms with Crippen LogP contribution in [0, 0.1) is 5.92 Å². The van der Waals surface area contributed by atoms with Crippen molar-refractivity contribution in [2.75, 3.05) is 24.5 Å². The average molecular weight is 250 g/mol. The van der Waals surface area contributed by atoms with Crippen molar-refractivity contribution < 1.29 is 0 Å². The quantitative estimate of drug-likeness (QED) is 0.769. The van der Waals surface area contributed by atoms with Crippen molar-refractivity contribution in [1.82, 2.24) is 15.5 Å². The summed E-state index contributed by atoms with van der Waals surface area (Å²) in [6.45, 7) is 12.6. The Morgan fingerprint density at radius 2 is 2.00 bits per heavy atom. The Kier molecular flexibility index (Phi) is 6.65. The summed E-state index contributed by atoms with van der Waals surface area (Å²) in [6.07, 6.45) is 1.13. The van der Waals surface area contributed by atoms with Gasteiger partial charge in [0.1, 0.15) is 0 Å². The zero-order chi connectivity index (χ0) is 13.4. The van der Waals surface area contributed by atoms with E-state index >= 15 is 0 Å². The molecule has 4 nitrogen and oxygen atoms in total. The first kappa shape index (κ1) is 14.9. The highest BCUT2D eigenvalue weighted by atomic mass is 15.3. The van der Waals surface area contributed by atoms with Gasteiger partial charge in [-0.15, -0.1) is 5.10 Å². The van der Waals surface area contributed by atoms with Gasteiger partial charge in [-0.2, -0.15) is 5.10 Å². The fraction of sp³-hybridized carbons (Fsp3) is 0.714. The van der Waals surface area contributed by atoms with Crippen LogP contribution in [0.4, 0.5) is 5.82 Å². The smallest absolute Gasteiger partial charge is 0.151 e. The molecule has 0 aliphatic rings. The van der Waals surface area contributed by atoms with Crippen LogP contribution in [0.15, 0.2) is 12.1 Å². The largest absolute Gasteiger partial charge is 0.355 e. The number of aromatic nitrogens is 2. The summed E-state index contributed by atoms with van der Waals surface area (Å²) >= 11 is 0. The van der Waals surface area contributed by atoms with E-state index in [1.807, 2.05) is 0 Å². The first-order valence-electron chi connectivity index (χ1n) is 6.95. The van der Waals surface area contributed by atoms with Crippen LogP contribution >= 0.6 is 0 Å². The summed E-state index contributed by atoms with van der Waals surface area (Å²) in [4.78, 5) is 2.25. The minimum absolute atomic E-state index is 0.664. The third kappa shape index (κ3) is 5.00. The normalized spacial score (nSPS) is 10.9. The van der Waals surface area contributed by atoms with E-state index in [2.05, 4.69) is 60.2 Å². The number of hydrogen-bond donors (Lipinski definition) is 1. The number of rotatable bonds is 8. The second-order valence-corrected chi connectivity index (χ2v) is 4.99. The van der Waals surface area contributed by atoms with Gasteiger partial charge in [0.05, 0.1) is 5.69 Å². The lowest BCUT2D eigenvalue weighted by Gasteiger charge is -2.20. The molecular formula is C14H26N4. The van der Waals surface area contributed by atoms with E-state index < -0.39 is 0 Å². The molecule has 1 N–H and O–H groups in total. The molecule has 0 unspecified atom stereocenters. The molecule has 0 fully saturated rings. The number of anilines is 1. The first-order valence-corrected chi connectivity index (χ1v) is 6.95. The number of nitrogens with zero attached hydrogens (tertiary/aromatic N) is 3. The van der Waals surface area contributed by atoms with Gasteiger partial charge in [-0.05, 0) is 37.9 Å². The SMILES string of the molecule is CCCN(CC)c1ccc(CNCC(C)C)nn1. The molecule has 0 saturated carbocycles. The van der Waals surface area contributed by atoms with Gasteiger partial charge in [-0.25, -0.2) is 0 Å². The Hall–Kier alpha value is -1.16. The van der Waals surface area contributed by atoms with Crippen LogP contribution in [0.1, 0.15) is 39.8 Å². The molecule has 0 aliphatic carbocycles. The van der Waals surface area contributed by atoms with Crippen molar-refractivity contribution in [3.05, 3.63) is 17.8 Å². The Labute approximate surface area is 111 Å². The molecule has 0 spiro atoms. The molecule has 0 atom stereocenters. The van der Waals surface area contributed by atoms with Gasteiger partial charge in [-0.1, -0.05) is 20.8 Å². The topological polar surface area (TPSA) is 41.0 Å². The van der Waals surface area contributed by atoms with Crippen LogP contribution in [0.2, 0.25) is 0 Å². The Morgan fingerprint density at radius 1 is 1.22 bits per heavy atom. The maximum absolute atomic E-state index is 4.30. The monoisotopic (exact) mass is 250 g/mol. The van der Waals surface area contributed by atoms with Gasteiger partial charge in [0.15, 0.2) is 5.82 Å². The van der Waals surface area contributed by atoms with Crippen molar-refractivity contribution in [3.8, 4) is 0 Å². The Morgan fingerprint density at radius 3 is 2.50 bits per heavy atom. The standard InChI is InChI=1S/C14H26N4/c1-5-9-18(6-2)14-8-7-13(16-17-14)11-15-10-12(3)4/h7-8,12,15H,5-6,9-11H2,1-4H3. The van der Waals surface area contributed by atoms with Gasteiger partial charge >= 0.3 is 0 Å². The Balaban J connectivity index is 2.50. The molecule has 102 valence electrons. The van der Waals surface area contributed by atoms with Crippen LogP contribution in [0.25, 0.3) is 0 Å². The maximum atomic E-state index is 4.30. The Bertz CT molecular complexity index is 321. The van der Waals surface area contributed by atoms with Gasteiger partial charge in [0.2, 0.25) is 0 Å². The first-order chi connectivity index (χ1) is 8.67. The second kappa shape index (κ2) is 8.03. The molecule has 0 radical (unpaired) electrons. The van der Waals surface area contributed by atoms with Crippen LogP contribution in [0.3, 0.4) is 0 Å². The second-order valence-electron chi connectivity index (χ2n) is 4.99. The fourth-order valence-electron chi connectivity index (χ4n) is 1.81. The molecule has 0 aliphatic heterocycles. The van der Waals surface area contributed by atoms with Gasteiger partial charge in [-0.3, -0.25) is 0 Å². The number of hydrogen-bond acceptors (Lipinski definition) is 4. The molecule has 1 heterocycles. The van der Waals surface area contributed by atoms with E-state index in [1.165, 1.54) is 0 Å². The van der Waals surface area contributed by atoms with Crippen molar-refractivity contribution >= 4 is 5.82 Å². The molecule has 1 aromatic rings. The van der Waals surface area contributed by atoms with E-state index in [4.69, 9.17) is 0 Å².